The largest absolute Gasteiger partial charge is 0.338 e. The van der Waals surface area contributed by atoms with Gasteiger partial charge in [-0.15, -0.1) is 0 Å². The van der Waals surface area contributed by atoms with Crippen LogP contribution in [0.1, 0.15) is 30.9 Å². The lowest BCUT2D eigenvalue weighted by Gasteiger charge is -2.67. The van der Waals surface area contributed by atoms with Crippen LogP contribution in [0, 0.1) is 11.3 Å². The topological polar surface area (TPSA) is 49.4 Å². The molecule has 132 valence electrons. The maximum Gasteiger partial charge on any atom is 0.229 e. The predicted octanol–water partition coefficient (Wildman–Crippen LogP) is 3.34. The SMILES string of the molecule is C[C@]12C[C@@H]3C(=O)Nc4ccccc4[C@@]31CCN(Cc1ccccc1)C2=O. The molecule has 1 aliphatic carbocycles. The Bertz CT molecular complexity index is 909. The average Bonchev–Trinajstić information content (AvgIpc) is 2.65. The van der Waals surface area contributed by atoms with Crippen molar-refractivity contribution in [2.75, 3.05) is 11.9 Å². The van der Waals surface area contributed by atoms with E-state index in [-0.39, 0.29) is 23.1 Å². The first-order valence-corrected chi connectivity index (χ1v) is 9.30. The van der Waals surface area contributed by atoms with E-state index in [4.69, 9.17) is 0 Å². The number of anilines is 1. The van der Waals surface area contributed by atoms with Crippen LogP contribution in [0.5, 0.6) is 0 Å². The van der Waals surface area contributed by atoms with Crippen LogP contribution in [-0.2, 0) is 21.5 Å². The van der Waals surface area contributed by atoms with Crippen LogP contribution >= 0.6 is 0 Å². The standard InChI is InChI=1S/C22H22N2O2/c1-21-13-17-19(25)23-18-10-6-5-9-16(18)22(17,21)11-12-24(20(21)26)14-15-7-3-2-4-8-15/h2-10,17H,11-14H2,1H3,(H,23,25)/t17-,21-,22+/m1/s1. The summed E-state index contributed by atoms with van der Waals surface area (Å²) in [5, 5.41) is 3.04. The summed E-state index contributed by atoms with van der Waals surface area (Å²) in [4.78, 5) is 28.1. The molecule has 1 N–H and O–H groups in total. The smallest absolute Gasteiger partial charge is 0.229 e. The van der Waals surface area contributed by atoms with Crippen LogP contribution in [0.4, 0.5) is 5.69 Å². The molecule has 3 atom stereocenters. The Morgan fingerprint density at radius 2 is 1.81 bits per heavy atom. The molecule has 0 unspecified atom stereocenters. The zero-order chi connectivity index (χ0) is 17.9. The molecule has 2 amide bonds. The highest BCUT2D eigenvalue weighted by Gasteiger charge is 2.72. The van der Waals surface area contributed by atoms with Gasteiger partial charge in [0.2, 0.25) is 11.8 Å². The Labute approximate surface area is 153 Å². The number of fused-ring (bicyclic) bond motifs is 1. The minimum absolute atomic E-state index is 0.0745. The summed E-state index contributed by atoms with van der Waals surface area (Å²) >= 11 is 0. The van der Waals surface area contributed by atoms with Crippen molar-refractivity contribution < 1.29 is 9.59 Å². The molecule has 2 heterocycles. The van der Waals surface area contributed by atoms with Crippen molar-refractivity contribution in [2.24, 2.45) is 11.3 Å². The lowest BCUT2D eigenvalue weighted by atomic mass is 9.38. The molecule has 1 saturated carbocycles. The Morgan fingerprint density at radius 1 is 1.08 bits per heavy atom. The minimum atomic E-state index is -0.501. The van der Waals surface area contributed by atoms with Gasteiger partial charge in [-0.05, 0) is 37.0 Å². The van der Waals surface area contributed by atoms with Crippen molar-refractivity contribution in [3.05, 3.63) is 65.7 Å². The van der Waals surface area contributed by atoms with Crippen molar-refractivity contribution in [2.45, 2.75) is 31.7 Å². The van der Waals surface area contributed by atoms with Gasteiger partial charge in [-0.1, -0.05) is 48.5 Å². The lowest BCUT2D eigenvalue weighted by molar-refractivity contribution is -0.180. The molecule has 0 radical (unpaired) electrons. The molecule has 0 bridgehead atoms. The Balaban J connectivity index is 1.53. The van der Waals surface area contributed by atoms with Gasteiger partial charge in [-0.25, -0.2) is 0 Å². The highest BCUT2D eigenvalue weighted by atomic mass is 16.2. The van der Waals surface area contributed by atoms with Crippen molar-refractivity contribution in [3.63, 3.8) is 0 Å². The van der Waals surface area contributed by atoms with E-state index in [2.05, 4.69) is 30.4 Å². The molecule has 0 aromatic heterocycles. The number of para-hydroxylation sites is 1. The molecule has 2 aromatic carbocycles. The number of nitrogens with one attached hydrogen (secondary N) is 1. The molecular weight excluding hydrogens is 324 g/mol. The first kappa shape index (κ1) is 15.6. The zero-order valence-electron chi connectivity index (χ0n) is 14.9. The van der Waals surface area contributed by atoms with E-state index in [9.17, 15) is 9.59 Å². The summed E-state index contributed by atoms with van der Waals surface area (Å²) in [6.45, 7) is 3.41. The van der Waals surface area contributed by atoms with Crippen molar-refractivity contribution in [1.82, 2.24) is 4.90 Å². The van der Waals surface area contributed by atoms with Crippen LogP contribution in [-0.4, -0.2) is 23.3 Å². The van der Waals surface area contributed by atoms with E-state index in [1.54, 1.807) is 0 Å². The van der Waals surface area contributed by atoms with E-state index in [1.165, 1.54) is 0 Å². The molecule has 2 aliphatic heterocycles. The molecule has 1 spiro atoms. The van der Waals surface area contributed by atoms with Crippen LogP contribution in [0.25, 0.3) is 0 Å². The number of nitrogens with zero attached hydrogens (tertiary/aromatic N) is 1. The summed E-state index contributed by atoms with van der Waals surface area (Å²) in [6.07, 6.45) is 1.48. The predicted molar refractivity (Wildman–Crippen MR) is 99.4 cm³/mol. The van der Waals surface area contributed by atoms with Crippen molar-refractivity contribution in [1.29, 1.82) is 0 Å². The lowest BCUT2D eigenvalue weighted by Crippen LogP contribution is -2.73. The molecule has 3 aliphatic rings. The molecular formula is C22H22N2O2. The van der Waals surface area contributed by atoms with E-state index in [0.717, 1.165) is 23.2 Å². The maximum absolute atomic E-state index is 13.5. The first-order valence-electron chi connectivity index (χ1n) is 9.30. The summed E-state index contributed by atoms with van der Waals surface area (Å²) < 4.78 is 0. The third kappa shape index (κ3) is 1.79. The van der Waals surface area contributed by atoms with Gasteiger partial charge in [-0.2, -0.15) is 0 Å². The Morgan fingerprint density at radius 3 is 2.62 bits per heavy atom. The second-order valence-electron chi connectivity index (χ2n) is 8.06. The number of rotatable bonds is 2. The summed E-state index contributed by atoms with van der Waals surface area (Å²) in [5.74, 6) is 0.170. The fourth-order valence-corrected chi connectivity index (χ4v) is 5.60. The molecule has 4 heteroatoms. The third-order valence-corrected chi connectivity index (χ3v) is 6.93. The Kier molecular flexibility index (Phi) is 3.12. The summed E-state index contributed by atoms with van der Waals surface area (Å²) in [6, 6.07) is 18.1. The molecule has 4 nitrogen and oxygen atoms in total. The average molecular weight is 346 g/mol. The van der Waals surface area contributed by atoms with Gasteiger partial charge in [0.15, 0.2) is 0 Å². The number of likely N-dealkylation sites (tertiary alicyclic amines) is 1. The molecule has 1 saturated heterocycles. The summed E-state index contributed by atoms with van der Waals surface area (Å²) in [7, 11) is 0. The van der Waals surface area contributed by atoms with Crippen LogP contribution in [0.3, 0.4) is 0 Å². The maximum atomic E-state index is 13.5. The first-order chi connectivity index (χ1) is 12.6. The minimum Gasteiger partial charge on any atom is -0.338 e. The molecule has 26 heavy (non-hydrogen) atoms. The fourth-order valence-electron chi connectivity index (χ4n) is 5.60. The second-order valence-corrected chi connectivity index (χ2v) is 8.06. The second kappa shape index (κ2) is 5.19. The normalized spacial score (nSPS) is 32.0. The number of carbonyl (C=O) groups excluding carboxylic acids is 2. The quantitative estimate of drug-likeness (QED) is 0.907. The van der Waals surface area contributed by atoms with Crippen molar-refractivity contribution in [3.8, 4) is 0 Å². The fraction of sp³-hybridized carbons (Fsp3) is 0.364. The summed E-state index contributed by atoms with van der Waals surface area (Å²) in [5.41, 5.74) is 2.32. The van der Waals surface area contributed by atoms with Gasteiger partial charge < -0.3 is 10.2 Å². The molecule has 2 fully saturated rings. The number of amides is 2. The van der Waals surface area contributed by atoms with Gasteiger partial charge >= 0.3 is 0 Å². The van der Waals surface area contributed by atoms with E-state index >= 15 is 0 Å². The Hall–Kier alpha value is -2.62. The van der Waals surface area contributed by atoms with Gasteiger partial charge in [0.1, 0.15) is 0 Å². The van der Waals surface area contributed by atoms with Crippen LogP contribution in [0.2, 0.25) is 0 Å². The molecule has 5 rings (SSSR count). The van der Waals surface area contributed by atoms with E-state index < -0.39 is 5.41 Å². The number of hydrogen-bond acceptors (Lipinski definition) is 2. The van der Waals surface area contributed by atoms with Gasteiger partial charge in [-0.3, -0.25) is 9.59 Å². The number of hydrogen-bond donors (Lipinski definition) is 1. The van der Waals surface area contributed by atoms with Gasteiger partial charge in [0.05, 0.1) is 11.3 Å². The van der Waals surface area contributed by atoms with Crippen LogP contribution in [0.15, 0.2) is 54.6 Å². The van der Waals surface area contributed by atoms with Crippen molar-refractivity contribution >= 4 is 17.5 Å². The monoisotopic (exact) mass is 346 g/mol. The van der Waals surface area contributed by atoms with E-state index in [1.807, 2.05) is 41.3 Å². The highest BCUT2D eigenvalue weighted by molar-refractivity contribution is 6.02. The number of carbonyl (C=O) groups is 2. The number of piperidine rings is 1. The highest BCUT2D eigenvalue weighted by Crippen LogP contribution is 2.68. The van der Waals surface area contributed by atoms with E-state index in [0.29, 0.717) is 19.5 Å². The zero-order valence-corrected chi connectivity index (χ0v) is 14.9. The van der Waals surface area contributed by atoms with Gasteiger partial charge in [0, 0.05) is 24.2 Å². The van der Waals surface area contributed by atoms with Crippen LogP contribution < -0.4 is 5.32 Å². The third-order valence-electron chi connectivity index (χ3n) is 6.93. The number of benzene rings is 2. The van der Waals surface area contributed by atoms with Gasteiger partial charge in [0.25, 0.3) is 0 Å². The molecule has 2 aromatic rings.